The molecule has 80 heavy (non-hydrogen) atoms. The van der Waals surface area contributed by atoms with Crippen molar-refractivity contribution in [3.8, 4) is 0 Å². The lowest BCUT2D eigenvalue weighted by atomic mass is 9.94. The van der Waals surface area contributed by atoms with Crippen LogP contribution in [-0.4, -0.2) is 73.9 Å². The molecule has 12 nitrogen and oxygen atoms in total. The maximum atomic E-state index is 13.0. The van der Waals surface area contributed by atoms with Gasteiger partial charge >= 0.3 is 35.8 Å². The van der Waals surface area contributed by atoms with Crippen molar-refractivity contribution in [3.05, 3.63) is 0 Å². The zero-order chi connectivity index (χ0) is 59.0. The highest BCUT2D eigenvalue weighted by Crippen LogP contribution is 2.24. The average Bonchev–Trinajstić information content (AvgIpc) is 3.46. The number of hydrogen-bond donors (Lipinski definition) is 0. The van der Waals surface area contributed by atoms with Crippen molar-refractivity contribution in [3.63, 3.8) is 0 Å². The Kier molecular flexibility index (Phi) is 54.1. The molecule has 0 aliphatic heterocycles. The lowest BCUT2D eigenvalue weighted by Crippen LogP contribution is -2.37. The molecule has 0 radical (unpaired) electrons. The highest BCUT2D eigenvalue weighted by atomic mass is 16.6. The standard InChI is InChI=1S/C68H126O12/c1-8-14-17-20-23-29-38-47-59(78-62(69)11-4)50-41-32-26-35-44-53-65(72)75-56-68(7,57-76-66(73)54-45-36-27-33-42-51-60(79-63(70)12-5)48-39-30-24-21-18-15-9-2)58-77-67(74)55-46-37-28-34-43-52-61(80-64(71)13-6)49-40-31-25-22-19-16-10-3/h59-61H,8-58H2,1-7H3. The molecule has 0 aliphatic carbocycles. The molecule has 470 valence electrons. The van der Waals surface area contributed by atoms with E-state index in [1.165, 1.54) is 116 Å². The maximum absolute atomic E-state index is 13.0. The fourth-order valence-electron chi connectivity index (χ4n) is 10.2. The monoisotopic (exact) mass is 1130 g/mol. The average molecular weight is 1140 g/mol. The molecular weight excluding hydrogens is 1010 g/mol. The van der Waals surface area contributed by atoms with Crippen molar-refractivity contribution in [2.75, 3.05) is 19.8 Å². The van der Waals surface area contributed by atoms with Gasteiger partial charge in [0, 0.05) is 38.5 Å². The van der Waals surface area contributed by atoms with E-state index < -0.39 is 5.41 Å². The van der Waals surface area contributed by atoms with Gasteiger partial charge in [-0.2, -0.15) is 0 Å². The lowest BCUT2D eigenvalue weighted by molar-refractivity contribution is -0.161. The summed E-state index contributed by atoms with van der Waals surface area (Å²) in [5.74, 6) is -1.35. The van der Waals surface area contributed by atoms with E-state index in [2.05, 4.69) is 20.8 Å². The van der Waals surface area contributed by atoms with Crippen LogP contribution in [0.1, 0.15) is 357 Å². The summed E-state index contributed by atoms with van der Waals surface area (Å²) in [5, 5.41) is 0. The second-order valence-electron chi connectivity index (χ2n) is 23.8. The predicted molar refractivity (Wildman–Crippen MR) is 326 cm³/mol. The highest BCUT2D eigenvalue weighted by molar-refractivity contribution is 5.71. The molecular formula is C68H126O12. The minimum atomic E-state index is -0.909. The van der Waals surface area contributed by atoms with Gasteiger partial charge in [0.05, 0.1) is 5.41 Å². The van der Waals surface area contributed by atoms with Crippen LogP contribution in [0.15, 0.2) is 0 Å². The van der Waals surface area contributed by atoms with Crippen molar-refractivity contribution in [2.45, 2.75) is 375 Å². The van der Waals surface area contributed by atoms with Gasteiger partial charge < -0.3 is 28.4 Å². The fraction of sp³-hybridized carbons (Fsp3) is 0.912. The molecule has 0 aromatic heterocycles. The Morgan fingerprint density at radius 1 is 0.263 bits per heavy atom. The number of esters is 6. The first-order valence-electron chi connectivity index (χ1n) is 33.9. The van der Waals surface area contributed by atoms with Gasteiger partial charge in [-0.1, -0.05) is 215 Å². The normalized spacial score (nSPS) is 13.2. The molecule has 0 aromatic rings. The zero-order valence-corrected chi connectivity index (χ0v) is 53.2. The van der Waals surface area contributed by atoms with Gasteiger partial charge in [0.15, 0.2) is 0 Å². The van der Waals surface area contributed by atoms with Crippen LogP contribution in [0.3, 0.4) is 0 Å². The molecule has 0 bridgehead atoms. The van der Waals surface area contributed by atoms with Crippen LogP contribution >= 0.6 is 0 Å². The third-order valence-corrected chi connectivity index (χ3v) is 15.6. The number of carbonyl (C=O) groups is 6. The van der Waals surface area contributed by atoms with Crippen LogP contribution in [0.4, 0.5) is 0 Å². The van der Waals surface area contributed by atoms with Crippen LogP contribution in [-0.2, 0) is 57.2 Å². The van der Waals surface area contributed by atoms with Gasteiger partial charge in [0.1, 0.15) is 38.1 Å². The number of rotatable bonds is 60. The van der Waals surface area contributed by atoms with Crippen LogP contribution in [0.2, 0.25) is 0 Å². The van der Waals surface area contributed by atoms with Crippen LogP contribution in [0.5, 0.6) is 0 Å². The quantitative estimate of drug-likeness (QED) is 0.0323. The van der Waals surface area contributed by atoms with E-state index in [0.717, 1.165) is 135 Å². The Hall–Kier alpha value is -3.18. The molecule has 0 spiro atoms. The number of carbonyl (C=O) groups excluding carboxylic acids is 6. The molecule has 0 fully saturated rings. The van der Waals surface area contributed by atoms with E-state index in [9.17, 15) is 28.8 Å². The Morgan fingerprint density at radius 3 is 0.650 bits per heavy atom. The third kappa shape index (κ3) is 50.5. The van der Waals surface area contributed by atoms with E-state index >= 15 is 0 Å². The maximum Gasteiger partial charge on any atom is 0.305 e. The Bertz CT molecular complexity index is 1310. The second-order valence-corrected chi connectivity index (χ2v) is 23.8. The van der Waals surface area contributed by atoms with Crippen LogP contribution in [0.25, 0.3) is 0 Å². The molecule has 0 saturated carbocycles. The molecule has 0 aromatic carbocycles. The molecule has 0 amide bonds. The van der Waals surface area contributed by atoms with Gasteiger partial charge in [-0.05, 0) is 103 Å². The predicted octanol–water partition coefficient (Wildman–Crippen LogP) is 19.2. The van der Waals surface area contributed by atoms with Crippen molar-refractivity contribution < 1.29 is 57.2 Å². The molecule has 3 atom stereocenters. The smallest absolute Gasteiger partial charge is 0.305 e. The Morgan fingerprint density at radius 2 is 0.450 bits per heavy atom. The summed E-state index contributed by atoms with van der Waals surface area (Å²) in [7, 11) is 0. The SMILES string of the molecule is CCCCCCCCCC(CCCCCCCC(=O)OCC(C)(COC(=O)CCCCCCCC(CCCCCCCCC)OC(=O)CC)COC(=O)CCCCCCCC(CCCCCCCCC)OC(=O)CC)OC(=O)CC. The number of hydrogen-bond acceptors (Lipinski definition) is 12. The molecule has 3 unspecified atom stereocenters. The second kappa shape index (κ2) is 56.3. The van der Waals surface area contributed by atoms with E-state index in [0.29, 0.717) is 38.5 Å². The summed E-state index contributed by atoms with van der Waals surface area (Å²) in [6, 6.07) is 0. The molecule has 0 rings (SSSR count). The summed E-state index contributed by atoms with van der Waals surface area (Å²) in [5.41, 5.74) is -0.909. The van der Waals surface area contributed by atoms with Gasteiger partial charge in [0.2, 0.25) is 0 Å². The molecule has 0 heterocycles. The molecule has 0 saturated heterocycles. The first-order valence-corrected chi connectivity index (χ1v) is 33.9. The van der Waals surface area contributed by atoms with Gasteiger partial charge in [0.25, 0.3) is 0 Å². The van der Waals surface area contributed by atoms with Crippen LogP contribution < -0.4 is 0 Å². The summed E-state index contributed by atoms with van der Waals surface area (Å²) >= 11 is 0. The minimum absolute atomic E-state index is 0.0189. The fourth-order valence-corrected chi connectivity index (χ4v) is 10.2. The third-order valence-electron chi connectivity index (χ3n) is 15.6. The summed E-state index contributed by atoms with van der Waals surface area (Å²) in [6.07, 6.45) is 46.9. The van der Waals surface area contributed by atoms with E-state index in [1.54, 1.807) is 0 Å². The molecule has 0 aliphatic rings. The lowest BCUT2D eigenvalue weighted by Gasteiger charge is -2.28. The van der Waals surface area contributed by atoms with Crippen molar-refractivity contribution in [1.29, 1.82) is 0 Å². The summed E-state index contributed by atoms with van der Waals surface area (Å²) in [6.45, 7) is 13.9. The van der Waals surface area contributed by atoms with Crippen molar-refractivity contribution in [1.82, 2.24) is 0 Å². The minimum Gasteiger partial charge on any atom is -0.465 e. The molecule has 0 N–H and O–H groups in total. The van der Waals surface area contributed by atoms with Crippen molar-refractivity contribution >= 4 is 35.8 Å². The topological polar surface area (TPSA) is 158 Å². The van der Waals surface area contributed by atoms with Crippen molar-refractivity contribution in [2.24, 2.45) is 5.41 Å². The molecule has 12 heteroatoms. The van der Waals surface area contributed by atoms with Gasteiger partial charge in [-0.3, -0.25) is 28.8 Å². The number of unbranched alkanes of at least 4 members (excludes halogenated alkanes) is 30. The zero-order valence-electron chi connectivity index (χ0n) is 53.2. The summed E-state index contributed by atoms with van der Waals surface area (Å²) < 4.78 is 34.7. The first-order chi connectivity index (χ1) is 38.8. The first kappa shape index (κ1) is 76.8. The highest BCUT2D eigenvalue weighted by Gasteiger charge is 2.31. The van der Waals surface area contributed by atoms with E-state index in [4.69, 9.17) is 28.4 Å². The van der Waals surface area contributed by atoms with E-state index in [-0.39, 0.29) is 93.2 Å². The van der Waals surface area contributed by atoms with E-state index in [1.807, 2.05) is 27.7 Å². The Balaban J connectivity index is 5.09. The summed E-state index contributed by atoms with van der Waals surface area (Å²) in [4.78, 5) is 75.4. The van der Waals surface area contributed by atoms with Gasteiger partial charge in [-0.15, -0.1) is 0 Å². The van der Waals surface area contributed by atoms with Crippen LogP contribution in [0, 0.1) is 5.41 Å². The number of ether oxygens (including phenoxy) is 6. The Labute approximate surface area is 491 Å². The van der Waals surface area contributed by atoms with Gasteiger partial charge in [-0.25, -0.2) is 0 Å². The largest absolute Gasteiger partial charge is 0.465 e.